The number of rotatable bonds is 0. The summed E-state index contributed by atoms with van der Waals surface area (Å²) in [5, 5.41) is 0. The van der Waals surface area contributed by atoms with Gasteiger partial charge in [-0.3, -0.25) is 4.79 Å². The minimum atomic E-state index is -0.274. The van der Waals surface area contributed by atoms with Crippen molar-refractivity contribution in [2.24, 2.45) is 11.3 Å². The van der Waals surface area contributed by atoms with Crippen LogP contribution in [0.2, 0.25) is 0 Å². The van der Waals surface area contributed by atoms with Gasteiger partial charge in [-0.15, -0.1) is 0 Å². The number of hydrogen-bond donors (Lipinski definition) is 0. The molecule has 1 aliphatic carbocycles. The topological polar surface area (TPSA) is 26.3 Å². The van der Waals surface area contributed by atoms with Crippen LogP contribution in [0, 0.1) is 11.3 Å². The van der Waals surface area contributed by atoms with Crippen molar-refractivity contribution < 1.29 is 9.53 Å². The molecule has 1 heterocycles. The lowest BCUT2D eigenvalue weighted by atomic mass is 9.61. The molecular weight excluding hydrogens is 188 g/mol. The molecule has 0 unspecified atom stereocenters. The Morgan fingerprint density at radius 3 is 2.67 bits per heavy atom. The van der Waals surface area contributed by atoms with Crippen LogP contribution in [0.4, 0.5) is 0 Å². The molecule has 0 radical (unpaired) electrons. The molecule has 0 aromatic rings. The van der Waals surface area contributed by atoms with Crippen LogP contribution < -0.4 is 0 Å². The van der Waals surface area contributed by atoms with Crippen molar-refractivity contribution in [2.45, 2.75) is 52.2 Å². The molecule has 1 aliphatic heterocycles. The number of allylic oxidation sites excluding steroid dienone is 1. The third-order valence-corrected chi connectivity index (χ3v) is 4.08. The van der Waals surface area contributed by atoms with E-state index in [9.17, 15) is 4.79 Å². The van der Waals surface area contributed by atoms with Gasteiger partial charge in [0.1, 0.15) is 0 Å². The summed E-state index contributed by atoms with van der Waals surface area (Å²) in [6, 6.07) is 0. The van der Waals surface area contributed by atoms with E-state index in [-0.39, 0.29) is 16.8 Å². The monoisotopic (exact) mass is 208 g/mol. The van der Waals surface area contributed by atoms with Crippen LogP contribution in [0.15, 0.2) is 12.2 Å². The van der Waals surface area contributed by atoms with E-state index < -0.39 is 0 Å². The molecule has 3 atom stereocenters. The van der Waals surface area contributed by atoms with Crippen molar-refractivity contribution >= 4 is 5.78 Å². The standard InChI is InChI=1S/C13H20O2/c1-9-5-6-10-12(2,3)11(14)7-8-13(10,4)15-9/h7-10H,5-6H2,1-4H3/t9-,10+,13+/m0/s1. The minimum absolute atomic E-state index is 0.239. The molecule has 0 bridgehead atoms. The van der Waals surface area contributed by atoms with Gasteiger partial charge in [-0.2, -0.15) is 0 Å². The molecule has 0 N–H and O–H groups in total. The van der Waals surface area contributed by atoms with Crippen LogP contribution in [-0.2, 0) is 9.53 Å². The van der Waals surface area contributed by atoms with Gasteiger partial charge in [0.05, 0.1) is 11.7 Å². The molecule has 1 saturated heterocycles. The maximum absolute atomic E-state index is 11.9. The molecule has 2 nitrogen and oxygen atoms in total. The molecule has 1 fully saturated rings. The van der Waals surface area contributed by atoms with Crippen LogP contribution in [0.25, 0.3) is 0 Å². The lowest BCUT2D eigenvalue weighted by Crippen LogP contribution is -2.54. The second-order valence-corrected chi connectivity index (χ2v) is 5.66. The highest BCUT2D eigenvalue weighted by molar-refractivity contribution is 5.95. The molecule has 0 aromatic heterocycles. The van der Waals surface area contributed by atoms with Crippen LogP contribution in [0.5, 0.6) is 0 Å². The molecule has 0 saturated carbocycles. The van der Waals surface area contributed by atoms with Gasteiger partial charge >= 0.3 is 0 Å². The first kappa shape index (κ1) is 10.9. The van der Waals surface area contributed by atoms with E-state index in [2.05, 4.69) is 13.8 Å². The Hall–Kier alpha value is -0.630. The first-order chi connectivity index (χ1) is 6.86. The summed E-state index contributed by atoms with van der Waals surface area (Å²) in [5.41, 5.74) is -0.515. The van der Waals surface area contributed by atoms with E-state index in [4.69, 9.17) is 4.74 Å². The number of carbonyl (C=O) groups is 1. The van der Waals surface area contributed by atoms with Crippen molar-refractivity contribution in [3.05, 3.63) is 12.2 Å². The molecule has 84 valence electrons. The quantitative estimate of drug-likeness (QED) is 0.612. The van der Waals surface area contributed by atoms with E-state index in [1.165, 1.54) is 0 Å². The highest BCUT2D eigenvalue weighted by Crippen LogP contribution is 2.48. The van der Waals surface area contributed by atoms with E-state index >= 15 is 0 Å². The minimum Gasteiger partial charge on any atom is -0.368 e. The summed E-state index contributed by atoms with van der Waals surface area (Å²) in [6.07, 6.45) is 6.11. The summed E-state index contributed by atoms with van der Waals surface area (Å²) in [7, 11) is 0. The SMILES string of the molecule is C[C@H]1CC[C@@H]2C(C)(C)C(=O)C=C[C@@]2(C)O1. The van der Waals surface area contributed by atoms with Gasteiger partial charge in [0, 0.05) is 11.3 Å². The Kier molecular flexibility index (Phi) is 2.30. The van der Waals surface area contributed by atoms with Crippen LogP contribution >= 0.6 is 0 Å². The van der Waals surface area contributed by atoms with Gasteiger partial charge in [0.25, 0.3) is 0 Å². The zero-order valence-electron chi connectivity index (χ0n) is 10.0. The van der Waals surface area contributed by atoms with Crippen LogP contribution in [0.1, 0.15) is 40.5 Å². The van der Waals surface area contributed by atoms with Crippen molar-refractivity contribution in [1.29, 1.82) is 0 Å². The fourth-order valence-electron chi connectivity index (χ4n) is 3.12. The van der Waals surface area contributed by atoms with Crippen molar-refractivity contribution in [2.75, 3.05) is 0 Å². The molecule has 0 aromatic carbocycles. The summed E-state index contributed by atoms with van der Waals surface area (Å²) in [6.45, 7) is 8.30. The van der Waals surface area contributed by atoms with Gasteiger partial charge in [-0.05, 0) is 38.8 Å². The second-order valence-electron chi connectivity index (χ2n) is 5.66. The Balaban J connectivity index is 2.38. The smallest absolute Gasteiger partial charge is 0.161 e. The second kappa shape index (κ2) is 3.18. The predicted molar refractivity (Wildman–Crippen MR) is 59.6 cm³/mol. The zero-order valence-corrected chi connectivity index (χ0v) is 10.0. The Morgan fingerprint density at radius 1 is 1.33 bits per heavy atom. The molecular formula is C13H20O2. The molecule has 0 amide bonds. The Labute approximate surface area is 91.7 Å². The number of fused-ring (bicyclic) bond motifs is 1. The first-order valence-electron chi connectivity index (χ1n) is 5.78. The average molecular weight is 208 g/mol. The van der Waals surface area contributed by atoms with Gasteiger partial charge in [0.15, 0.2) is 5.78 Å². The molecule has 2 aliphatic rings. The maximum Gasteiger partial charge on any atom is 0.161 e. The molecule has 15 heavy (non-hydrogen) atoms. The normalized spacial score (nSPS) is 43.9. The lowest BCUT2D eigenvalue weighted by Gasteiger charge is -2.50. The van der Waals surface area contributed by atoms with Gasteiger partial charge in [-0.25, -0.2) is 0 Å². The fourth-order valence-corrected chi connectivity index (χ4v) is 3.12. The fraction of sp³-hybridized carbons (Fsp3) is 0.769. The van der Waals surface area contributed by atoms with Crippen LogP contribution in [0.3, 0.4) is 0 Å². The Bertz CT molecular complexity index is 316. The summed E-state index contributed by atoms with van der Waals surface area (Å²) >= 11 is 0. The summed E-state index contributed by atoms with van der Waals surface area (Å²) < 4.78 is 6.02. The van der Waals surface area contributed by atoms with E-state index in [1.807, 2.05) is 19.9 Å². The number of carbonyl (C=O) groups excluding carboxylic acids is 1. The Morgan fingerprint density at radius 2 is 2.00 bits per heavy atom. The van der Waals surface area contributed by atoms with E-state index in [1.54, 1.807) is 6.08 Å². The van der Waals surface area contributed by atoms with Gasteiger partial charge in [0.2, 0.25) is 0 Å². The van der Waals surface area contributed by atoms with Gasteiger partial charge in [-0.1, -0.05) is 13.8 Å². The maximum atomic E-state index is 11.9. The van der Waals surface area contributed by atoms with Crippen molar-refractivity contribution in [1.82, 2.24) is 0 Å². The third kappa shape index (κ3) is 1.55. The summed E-state index contributed by atoms with van der Waals surface area (Å²) in [5.74, 6) is 0.557. The van der Waals surface area contributed by atoms with Gasteiger partial charge < -0.3 is 4.74 Å². The highest BCUT2D eigenvalue weighted by Gasteiger charge is 2.51. The predicted octanol–water partition coefficient (Wildman–Crippen LogP) is 2.73. The van der Waals surface area contributed by atoms with Crippen LogP contribution in [-0.4, -0.2) is 17.5 Å². The van der Waals surface area contributed by atoms with E-state index in [0.717, 1.165) is 12.8 Å². The number of hydrogen-bond acceptors (Lipinski definition) is 2. The van der Waals surface area contributed by atoms with E-state index in [0.29, 0.717) is 12.0 Å². The highest BCUT2D eigenvalue weighted by atomic mass is 16.5. The third-order valence-electron chi connectivity index (χ3n) is 4.08. The average Bonchev–Trinajstić information content (AvgIpc) is 2.11. The molecule has 2 rings (SSSR count). The lowest BCUT2D eigenvalue weighted by molar-refractivity contribution is -0.162. The number of ketones is 1. The molecule has 0 spiro atoms. The first-order valence-corrected chi connectivity index (χ1v) is 5.78. The largest absolute Gasteiger partial charge is 0.368 e. The molecule has 2 heteroatoms. The van der Waals surface area contributed by atoms with Crippen molar-refractivity contribution in [3.8, 4) is 0 Å². The number of ether oxygens (including phenoxy) is 1. The zero-order chi connectivity index (χ0) is 11.3. The van der Waals surface area contributed by atoms with Crippen molar-refractivity contribution in [3.63, 3.8) is 0 Å². The summed E-state index contributed by atoms with van der Waals surface area (Å²) in [4.78, 5) is 11.9.